The molecule has 3 aromatic rings. The van der Waals surface area contributed by atoms with Crippen molar-refractivity contribution in [2.75, 3.05) is 31.2 Å². The van der Waals surface area contributed by atoms with Crippen molar-refractivity contribution in [1.82, 2.24) is 15.5 Å². The smallest absolute Gasteiger partial charge is 0.318 e. The van der Waals surface area contributed by atoms with Crippen LogP contribution in [0.25, 0.3) is 0 Å². The molecule has 0 radical (unpaired) electrons. The highest BCUT2D eigenvalue weighted by atomic mass is 19.1. The zero-order valence-corrected chi connectivity index (χ0v) is 15.0. The van der Waals surface area contributed by atoms with E-state index in [2.05, 4.69) is 15.5 Å². The van der Waals surface area contributed by atoms with E-state index in [4.69, 9.17) is 9.15 Å². The van der Waals surface area contributed by atoms with Gasteiger partial charge in [-0.05, 0) is 23.8 Å². The lowest BCUT2D eigenvalue weighted by atomic mass is 10.1. The number of benzene rings is 2. The molecule has 2 heterocycles. The number of aromatic nitrogens is 2. The van der Waals surface area contributed by atoms with Crippen LogP contribution in [0.15, 0.2) is 59.0 Å². The lowest BCUT2D eigenvalue weighted by molar-refractivity contribution is 0.0937. The van der Waals surface area contributed by atoms with Crippen molar-refractivity contribution in [2.45, 2.75) is 6.04 Å². The Morgan fingerprint density at radius 1 is 1.07 bits per heavy atom. The molecule has 2 aromatic carbocycles. The lowest BCUT2D eigenvalue weighted by Gasteiger charge is -2.24. The van der Waals surface area contributed by atoms with Gasteiger partial charge in [0.05, 0.1) is 13.2 Å². The third-order valence-electron chi connectivity index (χ3n) is 4.45. The molecule has 1 aromatic heterocycles. The Hall–Kier alpha value is -3.26. The first kappa shape index (κ1) is 18.1. The zero-order valence-electron chi connectivity index (χ0n) is 15.0. The van der Waals surface area contributed by atoms with Gasteiger partial charge in [0.25, 0.3) is 5.91 Å². The largest absolute Gasteiger partial charge is 0.405 e. The topological polar surface area (TPSA) is 80.5 Å². The van der Waals surface area contributed by atoms with Gasteiger partial charge >= 0.3 is 6.01 Å². The Labute approximate surface area is 161 Å². The molecule has 7 nitrogen and oxygen atoms in total. The van der Waals surface area contributed by atoms with Gasteiger partial charge in [-0.15, -0.1) is 5.10 Å². The molecule has 1 amide bonds. The lowest BCUT2D eigenvalue weighted by Crippen LogP contribution is -2.36. The number of carbonyl (C=O) groups is 1. The number of carbonyl (C=O) groups excluding carboxylic acids is 1. The van der Waals surface area contributed by atoms with E-state index in [1.165, 1.54) is 18.2 Å². The fourth-order valence-corrected chi connectivity index (χ4v) is 3.00. The van der Waals surface area contributed by atoms with Crippen LogP contribution in [0.4, 0.5) is 10.4 Å². The maximum Gasteiger partial charge on any atom is 0.318 e. The standard InChI is InChI=1S/C20H19FN4O3/c21-16-8-4-7-15(13-16)18(26)22-17(14-5-2-1-3-6-14)19-23-24-20(28-19)25-9-11-27-12-10-25/h1-8,13,17H,9-12H2,(H,22,26). The monoisotopic (exact) mass is 382 g/mol. The van der Waals surface area contributed by atoms with Crippen molar-refractivity contribution >= 4 is 11.9 Å². The second-order valence-electron chi connectivity index (χ2n) is 6.35. The van der Waals surface area contributed by atoms with Crippen molar-refractivity contribution in [3.05, 3.63) is 77.4 Å². The number of rotatable bonds is 5. The highest BCUT2D eigenvalue weighted by Gasteiger charge is 2.25. The van der Waals surface area contributed by atoms with E-state index in [1.54, 1.807) is 6.07 Å². The molecule has 0 saturated carbocycles. The summed E-state index contributed by atoms with van der Waals surface area (Å²) in [7, 11) is 0. The second-order valence-corrected chi connectivity index (χ2v) is 6.35. The average Bonchev–Trinajstić information content (AvgIpc) is 3.23. The molecule has 28 heavy (non-hydrogen) atoms. The van der Waals surface area contributed by atoms with Gasteiger partial charge in [0.1, 0.15) is 11.9 Å². The number of ether oxygens (including phenoxy) is 1. The van der Waals surface area contributed by atoms with Gasteiger partial charge in [0, 0.05) is 18.7 Å². The molecule has 0 bridgehead atoms. The van der Waals surface area contributed by atoms with Crippen molar-refractivity contribution in [2.24, 2.45) is 0 Å². The van der Waals surface area contributed by atoms with Crippen LogP contribution in [0.3, 0.4) is 0 Å². The van der Waals surface area contributed by atoms with Crippen LogP contribution in [0.2, 0.25) is 0 Å². The average molecular weight is 382 g/mol. The van der Waals surface area contributed by atoms with Crippen LogP contribution in [0, 0.1) is 5.82 Å². The van der Waals surface area contributed by atoms with E-state index in [-0.39, 0.29) is 11.5 Å². The summed E-state index contributed by atoms with van der Waals surface area (Å²) < 4.78 is 24.7. The highest BCUT2D eigenvalue weighted by molar-refractivity contribution is 5.94. The number of morpholine rings is 1. The summed E-state index contributed by atoms with van der Waals surface area (Å²) in [5.41, 5.74) is 0.998. The fraction of sp³-hybridized carbons (Fsp3) is 0.250. The molecule has 0 aliphatic carbocycles. The number of nitrogens with zero attached hydrogens (tertiary/aromatic N) is 3. The fourth-order valence-electron chi connectivity index (χ4n) is 3.00. The Kier molecular flexibility index (Phi) is 5.29. The summed E-state index contributed by atoms with van der Waals surface area (Å²) in [6, 6.07) is 14.6. The van der Waals surface area contributed by atoms with Crippen LogP contribution in [0.1, 0.15) is 27.9 Å². The predicted octanol–water partition coefficient (Wildman–Crippen LogP) is 2.56. The Bertz CT molecular complexity index is 941. The normalized spacial score (nSPS) is 15.2. The van der Waals surface area contributed by atoms with E-state index < -0.39 is 17.8 Å². The molecule has 0 spiro atoms. The van der Waals surface area contributed by atoms with Crippen molar-refractivity contribution in [3.8, 4) is 0 Å². The maximum atomic E-state index is 13.5. The van der Waals surface area contributed by atoms with Crippen LogP contribution in [-0.2, 0) is 4.74 Å². The van der Waals surface area contributed by atoms with Crippen molar-refractivity contribution in [3.63, 3.8) is 0 Å². The van der Waals surface area contributed by atoms with Crippen LogP contribution in [0.5, 0.6) is 0 Å². The molecule has 1 unspecified atom stereocenters. The summed E-state index contributed by atoms with van der Waals surface area (Å²) in [6.45, 7) is 2.51. The van der Waals surface area contributed by atoms with E-state index in [9.17, 15) is 9.18 Å². The number of halogens is 1. The molecule has 144 valence electrons. The van der Waals surface area contributed by atoms with Gasteiger partial charge in [0.2, 0.25) is 5.89 Å². The minimum atomic E-state index is -0.653. The van der Waals surface area contributed by atoms with Crippen LogP contribution < -0.4 is 10.2 Å². The molecule has 1 fully saturated rings. The number of anilines is 1. The summed E-state index contributed by atoms with van der Waals surface area (Å²) in [4.78, 5) is 14.6. The van der Waals surface area contributed by atoms with Crippen LogP contribution >= 0.6 is 0 Å². The SMILES string of the molecule is O=C(NC(c1ccccc1)c1nnc(N2CCOCC2)o1)c1cccc(F)c1. The van der Waals surface area contributed by atoms with Crippen molar-refractivity contribution in [1.29, 1.82) is 0 Å². The number of amides is 1. The molecule has 1 aliphatic rings. The second kappa shape index (κ2) is 8.18. The van der Waals surface area contributed by atoms with E-state index in [1.807, 2.05) is 35.2 Å². The third kappa shape index (κ3) is 4.01. The van der Waals surface area contributed by atoms with Crippen molar-refractivity contribution < 1.29 is 18.3 Å². The molecule has 8 heteroatoms. The van der Waals surface area contributed by atoms with E-state index in [0.29, 0.717) is 32.3 Å². The van der Waals surface area contributed by atoms with Crippen LogP contribution in [-0.4, -0.2) is 42.4 Å². The zero-order chi connectivity index (χ0) is 19.3. The van der Waals surface area contributed by atoms with E-state index >= 15 is 0 Å². The number of hydrogen-bond acceptors (Lipinski definition) is 6. The first-order chi connectivity index (χ1) is 13.7. The molecule has 4 rings (SSSR count). The minimum absolute atomic E-state index is 0.217. The summed E-state index contributed by atoms with van der Waals surface area (Å²) in [5.74, 6) is -0.645. The van der Waals surface area contributed by atoms with Gasteiger partial charge in [-0.25, -0.2) is 4.39 Å². The van der Waals surface area contributed by atoms with Gasteiger partial charge in [-0.1, -0.05) is 41.5 Å². The molecule has 1 aliphatic heterocycles. The number of nitrogens with one attached hydrogen (secondary N) is 1. The summed E-state index contributed by atoms with van der Waals surface area (Å²) in [5, 5.41) is 11.1. The number of hydrogen-bond donors (Lipinski definition) is 1. The summed E-state index contributed by atoms with van der Waals surface area (Å²) in [6.07, 6.45) is 0. The Morgan fingerprint density at radius 3 is 2.61 bits per heavy atom. The predicted molar refractivity (Wildman–Crippen MR) is 99.5 cm³/mol. The first-order valence-corrected chi connectivity index (χ1v) is 8.98. The van der Waals surface area contributed by atoms with Gasteiger partial charge in [-0.3, -0.25) is 4.79 Å². The first-order valence-electron chi connectivity index (χ1n) is 8.98. The maximum absolute atomic E-state index is 13.5. The van der Waals surface area contributed by atoms with Gasteiger partial charge in [0.15, 0.2) is 0 Å². The molecule has 1 N–H and O–H groups in total. The van der Waals surface area contributed by atoms with E-state index in [0.717, 1.165) is 5.56 Å². The molecular weight excluding hydrogens is 363 g/mol. The Morgan fingerprint density at radius 2 is 1.86 bits per heavy atom. The third-order valence-corrected chi connectivity index (χ3v) is 4.45. The quantitative estimate of drug-likeness (QED) is 0.731. The highest BCUT2D eigenvalue weighted by Crippen LogP contribution is 2.24. The molecular formula is C20H19FN4O3. The van der Waals surface area contributed by atoms with Gasteiger partial charge in [-0.2, -0.15) is 0 Å². The minimum Gasteiger partial charge on any atom is -0.405 e. The molecule has 1 atom stereocenters. The summed E-state index contributed by atoms with van der Waals surface area (Å²) >= 11 is 0. The Balaban J connectivity index is 1.61. The molecule has 1 saturated heterocycles. The van der Waals surface area contributed by atoms with Gasteiger partial charge < -0.3 is 19.4 Å².